The van der Waals surface area contributed by atoms with Gasteiger partial charge in [-0.25, -0.2) is 0 Å². The molecule has 2 unspecified atom stereocenters. The molecule has 1 aromatic rings. The van der Waals surface area contributed by atoms with Crippen molar-refractivity contribution in [2.75, 3.05) is 27.2 Å². The Morgan fingerprint density at radius 1 is 1.50 bits per heavy atom. The number of nitrogens with zero attached hydrogens (tertiary/aromatic N) is 3. The molecule has 0 aromatic carbocycles. The van der Waals surface area contributed by atoms with Gasteiger partial charge in [0, 0.05) is 30.4 Å². The molecule has 2 atom stereocenters. The molecule has 1 amide bonds. The molecule has 0 aliphatic carbocycles. The van der Waals surface area contributed by atoms with Gasteiger partial charge in [0.15, 0.2) is 0 Å². The molecule has 1 aliphatic rings. The number of carbonyl (C=O) groups excluding carboxylic acids is 1. The first kappa shape index (κ1) is 13.3. The number of rotatable bonds is 2. The summed E-state index contributed by atoms with van der Waals surface area (Å²) < 4.78 is 0. The Balaban J connectivity index is 2.12. The summed E-state index contributed by atoms with van der Waals surface area (Å²) >= 11 is 5.88. The Morgan fingerprint density at radius 2 is 2.22 bits per heavy atom. The Kier molecular flexibility index (Phi) is 3.88. The van der Waals surface area contributed by atoms with Crippen molar-refractivity contribution in [2.45, 2.75) is 13.0 Å². The fourth-order valence-electron chi connectivity index (χ4n) is 2.47. The first-order valence-corrected chi connectivity index (χ1v) is 6.44. The molecule has 98 valence electrons. The maximum atomic E-state index is 12.3. The molecule has 2 rings (SSSR count). The summed E-state index contributed by atoms with van der Waals surface area (Å²) in [4.78, 5) is 20.4. The Labute approximate surface area is 113 Å². The van der Waals surface area contributed by atoms with Gasteiger partial charge in [0.25, 0.3) is 5.91 Å². The Hall–Kier alpha value is -1.13. The Morgan fingerprint density at radius 3 is 2.78 bits per heavy atom. The van der Waals surface area contributed by atoms with Gasteiger partial charge in [0.2, 0.25) is 0 Å². The molecular weight excluding hydrogens is 250 g/mol. The minimum Gasteiger partial charge on any atom is -0.335 e. The van der Waals surface area contributed by atoms with Gasteiger partial charge in [0.05, 0.1) is 0 Å². The van der Waals surface area contributed by atoms with E-state index in [1.54, 1.807) is 18.3 Å². The summed E-state index contributed by atoms with van der Waals surface area (Å²) in [6.45, 7) is 3.69. The van der Waals surface area contributed by atoms with Crippen molar-refractivity contribution in [1.29, 1.82) is 0 Å². The van der Waals surface area contributed by atoms with Crippen molar-refractivity contribution in [3.8, 4) is 0 Å². The summed E-state index contributed by atoms with van der Waals surface area (Å²) in [6.07, 6.45) is 1.57. The number of pyridine rings is 1. The third kappa shape index (κ3) is 2.65. The predicted octanol–water partition coefficient (Wildman–Crippen LogP) is 1.76. The summed E-state index contributed by atoms with van der Waals surface area (Å²) in [7, 11) is 4.10. The summed E-state index contributed by atoms with van der Waals surface area (Å²) in [5, 5.41) is 0.546. The number of aromatic nitrogens is 1. The highest BCUT2D eigenvalue weighted by Crippen LogP contribution is 2.22. The maximum Gasteiger partial charge on any atom is 0.272 e. The van der Waals surface area contributed by atoms with E-state index in [9.17, 15) is 4.79 Å². The zero-order valence-electron chi connectivity index (χ0n) is 10.9. The highest BCUT2D eigenvalue weighted by Gasteiger charge is 2.34. The van der Waals surface area contributed by atoms with Gasteiger partial charge in [0.1, 0.15) is 5.69 Å². The number of likely N-dealkylation sites (tertiary alicyclic amines) is 1. The fourth-order valence-corrected chi connectivity index (χ4v) is 2.63. The van der Waals surface area contributed by atoms with Crippen LogP contribution in [0.4, 0.5) is 0 Å². The predicted molar refractivity (Wildman–Crippen MR) is 71.8 cm³/mol. The largest absolute Gasteiger partial charge is 0.335 e. The van der Waals surface area contributed by atoms with Crippen molar-refractivity contribution < 1.29 is 4.79 Å². The van der Waals surface area contributed by atoms with E-state index in [1.165, 1.54) is 0 Å². The molecule has 1 aliphatic heterocycles. The topological polar surface area (TPSA) is 36.4 Å². The molecule has 18 heavy (non-hydrogen) atoms. The average molecular weight is 268 g/mol. The van der Waals surface area contributed by atoms with E-state index in [0.29, 0.717) is 22.7 Å². The van der Waals surface area contributed by atoms with Crippen LogP contribution in [-0.4, -0.2) is 53.9 Å². The molecular formula is C13H18ClN3O. The van der Waals surface area contributed by atoms with Gasteiger partial charge in [-0.1, -0.05) is 18.5 Å². The van der Waals surface area contributed by atoms with Gasteiger partial charge in [-0.15, -0.1) is 0 Å². The number of halogens is 1. The molecule has 1 saturated heterocycles. The molecule has 0 N–H and O–H groups in total. The van der Waals surface area contributed by atoms with E-state index in [1.807, 2.05) is 19.0 Å². The summed E-state index contributed by atoms with van der Waals surface area (Å²) in [6, 6.07) is 3.71. The first-order valence-electron chi connectivity index (χ1n) is 6.06. The van der Waals surface area contributed by atoms with Crippen molar-refractivity contribution in [2.24, 2.45) is 5.92 Å². The normalized spacial score (nSPS) is 23.7. The minimum absolute atomic E-state index is 0.0336. The first-order chi connectivity index (χ1) is 8.49. The second-order valence-electron chi connectivity index (χ2n) is 5.08. The molecule has 0 saturated carbocycles. The monoisotopic (exact) mass is 267 g/mol. The van der Waals surface area contributed by atoms with Gasteiger partial charge < -0.3 is 9.80 Å². The quantitative estimate of drug-likeness (QED) is 0.819. The molecule has 5 heteroatoms. The molecule has 0 radical (unpaired) electrons. The molecule has 2 heterocycles. The van der Waals surface area contributed by atoms with Crippen LogP contribution in [0.1, 0.15) is 17.4 Å². The van der Waals surface area contributed by atoms with Crippen LogP contribution in [0.15, 0.2) is 18.3 Å². The van der Waals surface area contributed by atoms with Gasteiger partial charge in [-0.2, -0.15) is 0 Å². The van der Waals surface area contributed by atoms with E-state index < -0.39 is 0 Å². The standard InChI is InChI=1S/C13H18ClN3O/c1-9-7-17(8-12(9)16(2)3)13(18)11-6-10(14)4-5-15-11/h4-6,9,12H,7-8H2,1-3H3. The number of hydrogen-bond donors (Lipinski definition) is 0. The summed E-state index contributed by atoms with van der Waals surface area (Å²) in [5.74, 6) is 0.442. The zero-order chi connectivity index (χ0) is 13.3. The molecule has 1 aromatic heterocycles. The molecule has 0 bridgehead atoms. The van der Waals surface area contributed by atoms with Crippen LogP contribution >= 0.6 is 11.6 Å². The average Bonchev–Trinajstić information content (AvgIpc) is 2.70. The van der Waals surface area contributed by atoms with Crippen LogP contribution < -0.4 is 0 Å². The van der Waals surface area contributed by atoms with Crippen molar-refractivity contribution in [3.63, 3.8) is 0 Å². The maximum absolute atomic E-state index is 12.3. The SMILES string of the molecule is CC1CN(C(=O)c2cc(Cl)ccn2)CC1N(C)C. The molecule has 1 fully saturated rings. The van der Waals surface area contributed by atoms with Crippen molar-refractivity contribution >= 4 is 17.5 Å². The van der Waals surface area contributed by atoms with E-state index in [0.717, 1.165) is 13.1 Å². The molecule has 4 nitrogen and oxygen atoms in total. The second-order valence-corrected chi connectivity index (χ2v) is 5.51. The van der Waals surface area contributed by atoms with Crippen LogP contribution in [-0.2, 0) is 0 Å². The third-order valence-corrected chi connectivity index (χ3v) is 3.70. The third-order valence-electron chi connectivity index (χ3n) is 3.46. The lowest BCUT2D eigenvalue weighted by Crippen LogP contribution is -2.36. The lowest BCUT2D eigenvalue weighted by Gasteiger charge is -2.22. The van der Waals surface area contributed by atoms with Gasteiger partial charge in [-0.3, -0.25) is 9.78 Å². The lowest BCUT2D eigenvalue weighted by molar-refractivity contribution is 0.0775. The van der Waals surface area contributed by atoms with Crippen LogP contribution in [0.25, 0.3) is 0 Å². The number of likely N-dealkylation sites (N-methyl/N-ethyl adjacent to an activating group) is 1. The van der Waals surface area contributed by atoms with E-state index in [4.69, 9.17) is 11.6 Å². The van der Waals surface area contributed by atoms with Crippen molar-refractivity contribution in [3.05, 3.63) is 29.0 Å². The minimum atomic E-state index is -0.0336. The smallest absolute Gasteiger partial charge is 0.272 e. The van der Waals surface area contributed by atoms with Gasteiger partial charge >= 0.3 is 0 Å². The van der Waals surface area contributed by atoms with Crippen LogP contribution in [0.2, 0.25) is 5.02 Å². The van der Waals surface area contributed by atoms with Gasteiger partial charge in [-0.05, 0) is 32.1 Å². The summed E-state index contributed by atoms with van der Waals surface area (Å²) in [5.41, 5.74) is 0.425. The highest BCUT2D eigenvalue weighted by molar-refractivity contribution is 6.30. The fraction of sp³-hybridized carbons (Fsp3) is 0.538. The number of carbonyl (C=O) groups is 1. The second kappa shape index (κ2) is 5.24. The zero-order valence-corrected chi connectivity index (χ0v) is 11.7. The number of amides is 1. The molecule has 0 spiro atoms. The lowest BCUT2D eigenvalue weighted by atomic mass is 10.1. The number of hydrogen-bond acceptors (Lipinski definition) is 3. The van der Waals surface area contributed by atoms with Crippen LogP contribution in [0, 0.1) is 5.92 Å². The Bertz CT molecular complexity index is 450. The van der Waals surface area contributed by atoms with Crippen LogP contribution in [0.5, 0.6) is 0 Å². The van der Waals surface area contributed by atoms with E-state index >= 15 is 0 Å². The van der Waals surface area contributed by atoms with Crippen LogP contribution in [0.3, 0.4) is 0 Å². The van der Waals surface area contributed by atoms with E-state index in [-0.39, 0.29) is 5.91 Å². The highest BCUT2D eigenvalue weighted by atomic mass is 35.5. The van der Waals surface area contributed by atoms with E-state index in [2.05, 4.69) is 16.8 Å². The van der Waals surface area contributed by atoms with Crippen molar-refractivity contribution in [1.82, 2.24) is 14.8 Å².